The predicted molar refractivity (Wildman–Crippen MR) is 127 cm³/mol. The van der Waals surface area contributed by atoms with E-state index in [1.807, 2.05) is 44.2 Å². The van der Waals surface area contributed by atoms with Crippen LogP contribution in [0.3, 0.4) is 0 Å². The quantitative estimate of drug-likeness (QED) is 0.436. The topological polar surface area (TPSA) is 77.7 Å². The number of anilines is 1. The highest BCUT2D eigenvalue weighted by molar-refractivity contribution is 5.96. The fourth-order valence-corrected chi connectivity index (χ4v) is 4.02. The molecule has 33 heavy (non-hydrogen) atoms. The third kappa shape index (κ3) is 5.18. The standard InChI is InChI=1S/C26H31N3O4/c1-5-6-7-18-8-11-21(12-9-18)29-16-20(15-24(29)30)26-27-25(28-33-26)19-10-13-22(32-17(2)3)23(14-19)31-4/h8-14,17,20H,5-7,15-16H2,1-4H3. The van der Waals surface area contributed by atoms with Gasteiger partial charge in [0.05, 0.1) is 19.1 Å². The second kappa shape index (κ2) is 10.1. The Kier molecular flexibility index (Phi) is 6.96. The lowest BCUT2D eigenvalue weighted by atomic mass is 10.1. The van der Waals surface area contributed by atoms with Gasteiger partial charge in [0.1, 0.15) is 0 Å². The summed E-state index contributed by atoms with van der Waals surface area (Å²) in [4.78, 5) is 19.1. The molecule has 0 aliphatic carbocycles. The monoisotopic (exact) mass is 449 g/mol. The van der Waals surface area contributed by atoms with Crippen LogP contribution in [0.25, 0.3) is 11.4 Å². The summed E-state index contributed by atoms with van der Waals surface area (Å²) in [6.45, 7) is 6.64. The van der Waals surface area contributed by atoms with Gasteiger partial charge in [-0.05, 0) is 62.6 Å². The van der Waals surface area contributed by atoms with E-state index in [-0.39, 0.29) is 17.9 Å². The highest BCUT2D eigenvalue weighted by Gasteiger charge is 2.35. The average molecular weight is 450 g/mol. The first kappa shape index (κ1) is 22.8. The third-order valence-corrected chi connectivity index (χ3v) is 5.77. The summed E-state index contributed by atoms with van der Waals surface area (Å²) in [5.41, 5.74) is 2.97. The van der Waals surface area contributed by atoms with Crippen LogP contribution in [-0.4, -0.2) is 35.8 Å². The normalized spacial score (nSPS) is 16.0. The lowest BCUT2D eigenvalue weighted by molar-refractivity contribution is -0.117. The van der Waals surface area contributed by atoms with Gasteiger partial charge < -0.3 is 18.9 Å². The van der Waals surface area contributed by atoms with E-state index < -0.39 is 0 Å². The molecule has 1 aliphatic rings. The van der Waals surface area contributed by atoms with E-state index in [0.29, 0.717) is 36.2 Å². The van der Waals surface area contributed by atoms with Crippen molar-refractivity contribution in [2.45, 2.75) is 58.5 Å². The summed E-state index contributed by atoms with van der Waals surface area (Å²) in [7, 11) is 1.60. The Bertz CT molecular complexity index is 1090. The minimum atomic E-state index is -0.135. The second-order valence-electron chi connectivity index (χ2n) is 8.66. The molecule has 2 heterocycles. The van der Waals surface area contributed by atoms with E-state index in [9.17, 15) is 4.79 Å². The number of hydrogen-bond donors (Lipinski definition) is 0. The van der Waals surface area contributed by atoms with Crippen LogP contribution in [-0.2, 0) is 11.2 Å². The second-order valence-corrected chi connectivity index (χ2v) is 8.66. The van der Waals surface area contributed by atoms with E-state index in [0.717, 1.165) is 17.7 Å². The first-order valence-electron chi connectivity index (χ1n) is 11.6. The molecule has 2 aromatic carbocycles. The predicted octanol–water partition coefficient (Wildman–Crippen LogP) is 5.40. The summed E-state index contributed by atoms with van der Waals surface area (Å²) in [5, 5.41) is 4.15. The number of ether oxygens (including phenoxy) is 2. The number of methoxy groups -OCH3 is 1. The van der Waals surface area contributed by atoms with Gasteiger partial charge in [-0.1, -0.05) is 30.6 Å². The van der Waals surface area contributed by atoms with Crippen molar-refractivity contribution < 1.29 is 18.8 Å². The lowest BCUT2D eigenvalue weighted by Gasteiger charge is -2.16. The molecule has 3 aromatic rings. The molecule has 0 bridgehead atoms. The molecule has 1 fully saturated rings. The number of benzene rings is 2. The molecule has 0 radical (unpaired) electrons. The van der Waals surface area contributed by atoms with Gasteiger partial charge in [0, 0.05) is 24.2 Å². The highest BCUT2D eigenvalue weighted by Crippen LogP contribution is 2.35. The molecule has 1 saturated heterocycles. The molecule has 1 atom stereocenters. The number of hydrogen-bond acceptors (Lipinski definition) is 6. The van der Waals surface area contributed by atoms with Crippen LogP contribution in [0.5, 0.6) is 11.5 Å². The molecule has 1 aliphatic heterocycles. The van der Waals surface area contributed by atoms with E-state index in [4.69, 9.17) is 14.0 Å². The summed E-state index contributed by atoms with van der Waals surface area (Å²) in [5.74, 6) is 2.14. The molecule has 1 amide bonds. The van der Waals surface area contributed by atoms with Crippen LogP contribution in [0.4, 0.5) is 5.69 Å². The molecule has 1 aromatic heterocycles. The van der Waals surface area contributed by atoms with Crippen LogP contribution < -0.4 is 14.4 Å². The summed E-state index contributed by atoms with van der Waals surface area (Å²) in [6, 6.07) is 13.8. The molecular weight excluding hydrogens is 418 g/mol. The first-order valence-corrected chi connectivity index (χ1v) is 11.6. The van der Waals surface area contributed by atoms with Crippen molar-refractivity contribution in [3.05, 3.63) is 53.9 Å². The van der Waals surface area contributed by atoms with Crippen molar-refractivity contribution in [1.82, 2.24) is 10.1 Å². The number of amides is 1. The number of carbonyl (C=O) groups excluding carboxylic acids is 1. The Balaban J connectivity index is 1.47. The number of carbonyl (C=O) groups is 1. The smallest absolute Gasteiger partial charge is 0.232 e. The zero-order valence-electron chi connectivity index (χ0n) is 19.7. The fourth-order valence-electron chi connectivity index (χ4n) is 4.02. The average Bonchev–Trinajstić information content (AvgIpc) is 3.45. The maximum absolute atomic E-state index is 12.7. The number of unbranched alkanes of at least 4 members (excludes halogenated alkanes) is 1. The maximum Gasteiger partial charge on any atom is 0.232 e. The van der Waals surface area contributed by atoms with Crippen molar-refractivity contribution in [3.63, 3.8) is 0 Å². The van der Waals surface area contributed by atoms with E-state index >= 15 is 0 Å². The van der Waals surface area contributed by atoms with Gasteiger partial charge in [0.15, 0.2) is 11.5 Å². The van der Waals surface area contributed by atoms with E-state index in [1.54, 1.807) is 12.0 Å². The van der Waals surface area contributed by atoms with Gasteiger partial charge in [0.2, 0.25) is 17.6 Å². The lowest BCUT2D eigenvalue weighted by Crippen LogP contribution is -2.24. The zero-order chi connectivity index (χ0) is 23.4. The minimum absolute atomic E-state index is 0.0388. The molecule has 1 unspecified atom stereocenters. The summed E-state index contributed by atoms with van der Waals surface area (Å²) < 4.78 is 16.8. The van der Waals surface area contributed by atoms with Gasteiger partial charge in [-0.25, -0.2) is 0 Å². The number of aromatic nitrogens is 2. The molecule has 0 saturated carbocycles. The van der Waals surface area contributed by atoms with E-state index in [1.165, 1.54) is 18.4 Å². The maximum atomic E-state index is 12.7. The van der Waals surface area contributed by atoms with Gasteiger partial charge in [-0.15, -0.1) is 0 Å². The van der Waals surface area contributed by atoms with Crippen molar-refractivity contribution in [2.24, 2.45) is 0 Å². The van der Waals surface area contributed by atoms with Crippen LogP contribution in [0.2, 0.25) is 0 Å². The third-order valence-electron chi connectivity index (χ3n) is 5.77. The number of aryl methyl sites for hydroxylation is 1. The first-order chi connectivity index (χ1) is 16.0. The summed E-state index contributed by atoms with van der Waals surface area (Å²) in [6.07, 6.45) is 3.79. The van der Waals surface area contributed by atoms with Crippen molar-refractivity contribution in [3.8, 4) is 22.9 Å². The van der Waals surface area contributed by atoms with Gasteiger partial charge in [-0.3, -0.25) is 4.79 Å². The Morgan fingerprint density at radius 3 is 2.64 bits per heavy atom. The number of nitrogens with zero attached hydrogens (tertiary/aromatic N) is 3. The van der Waals surface area contributed by atoms with Crippen LogP contribution in [0, 0.1) is 0 Å². The van der Waals surface area contributed by atoms with E-state index in [2.05, 4.69) is 29.2 Å². The van der Waals surface area contributed by atoms with Crippen LogP contribution in [0.15, 0.2) is 47.0 Å². The summed E-state index contributed by atoms with van der Waals surface area (Å²) >= 11 is 0. The Morgan fingerprint density at radius 2 is 1.94 bits per heavy atom. The van der Waals surface area contributed by atoms with Gasteiger partial charge in [0.25, 0.3) is 0 Å². The largest absolute Gasteiger partial charge is 0.493 e. The Morgan fingerprint density at radius 1 is 1.15 bits per heavy atom. The molecular formula is C26H31N3O4. The van der Waals surface area contributed by atoms with Crippen molar-refractivity contribution in [2.75, 3.05) is 18.6 Å². The van der Waals surface area contributed by atoms with Crippen LogP contribution in [0.1, 0.15) is 57.4 Å². The highest BCUT2D eigenvalue weighted by atomic mass is 16.5. The SMILES string of the molecule is CCCCc1ccc(N2CC(c3nc(-c4ccc(OC(C)C)c(OC)c4)no3)CC2=O)cc1. The molecule has 0 spiro atoms. The fraction of sp³-hybridized carbons (Fsp3) is 0.423. The molecule has 174 valence electrons. The molecule has 0 N–H and O–H groups in total. The zero-order valence-corrected chi connectivity index (χ0v) is 19.7. The van der Waals surface area contributed by atoms with Crippen LogP contribution >= 0.6 is 0 Å². The number of rotatable bonds is 9. The van der Waals surface area contributed by atoms with Crippen molar-refractivity contribution in [1.29, 1.82) is 0 Å². The Hall–Kier alpha value is -3.35. The molecule has 7 nitrogen and oxygen atoms in total. The molecule has 7 heteroatoms. The Labute approximate surface area is 194 Å². The minimum Gasteiger partial charge on any atom is -0.493 e. The van der Waals surface area contributed by atoms with Crippen molar-refractivity contribution >= 4 is 11.6 Å². The molecule has 4 rings (SSSR count). The van der Waals surface area contributed by atoms with Gasteiger partial charge in [-0.2, -0.15) is 4.98 Å². The van der Waals surface area contributed by atoms with Gasteiger partial charge >= 0.3 is 0 Å².